The Labute approximate surface area is 141 Å². The van der Waals surface area contributed by atoms with Crippen LogP contribution in [0, 0.1) is 0 Å². The van der Waals surface area contributed by atoms with E-state index in [9.17, 15) is 13.2 Å². The fourth-order valence-corrected chi connectivity index (χ4v) is 4.27. The first-order valence-corrected chi connectivity index (χ1v) is 9.13. The highest BCUT2D eigenvalue weighted by atomic mass is 32.2. The van der Waals surface area contributed by atoms with Crippen molar-refractivity contribution in [3.05, 3.63) is 59.2 Å². The number of nitrogens with zero attached hydrogens (tertiary/aromatic N) is 1. The lowest BCUT2D eigenvalue weighted by Gasteiger charge is -2.28. The lowest BCUT2D eigenvalue weighted by molar-refractivity contribution is 0.101. The molecule has 2 aromatic carbocycles. The van der Waals surface area contributed by atoms with Crippen LogP contribution in [0.2, 0.25) is 0 Å². The van der Waals surface area contributed by atoms with Crippen LogP contribution in [0.5, 0.6) is 5.75 Å². The van der Waals surface area contributed by atoms with E-state index >= 15 is 0 Å². The number of hydrogen-bond donors (Lipinski definition) is 0. The standard InChI is InChI=1S/C18H19NO4S/c1-13(20)14-4-7-18(8-5-14)24(21,22)19-10-9-15-11-17(23-2)6-3-16(15)12-19/h3-8,11H,9-10,12H2,1-2H3. The Hall–Kier alpha value is -2.18. The third-order valence-electron chi connectivity index (χ3n) is 4.29. The van der Waals surface area contributed by atoms with Gasteiger partial charge in [0.1, 0.15) is 5.75 Å². The van der Waals surface area contributed by atoms with E-state index in [0.717, 1.165) is 16.9 Å². The Morgan fingerprint density at radius 1 is 1.08 bits per heavy atom. The van der Waals surface area contributed by atoms with Crippen LogP contribution in [-0.2, 0) is 23.0 Å². The Bertz CT molecular complexity index is 872. The zero-order valence-electron chi connectivity index (χ0n) is 13.7. The van der Waals surface area contributed by atoms with E-state index in [-0.39, 0.29) is 10.7 Å². The van der Waals surface area contributed by atoms with Crippen molar-refractivity contribution in [3.63, 3.8) is 0 Å². The minimum absolute atomic E-state index is 0.0835. The van der Waals surface area contributed by atoms with Crippen molar-refractivity contribution >= 4 is 15.8 Å². The first kappa shape index (κ1) is 16.7. The summed E-state index contributed by atoms with van der Waals surface area (Å²) in [7, 11) is -1.96. The number of hydrogen-bond acceptors (Lipinski definition) is 4. The summed E-state index contributed by atoms with van der Waals surface area (Å²) < 4.78 is 32.3. The monoisotopic (exact) mass is 345 g/mol. The Morgan fingerprint density at radius 2 is 1.79 bits per heavy atom. The Kier molecular flexibility index (Phi) is 4.43. The summed E-state index contributed by atoms with van der Waals surface area (Å²) in [6.07, 6.45) is 0.650. The molecular formula is C18H19NO4S. The maximum atomic E-state index is 12.8. The molecule has 24 heavy (non-hydrogen) atoms. The van der Waals surface area contributed by atoms with Crippen molar-refractivity contribution in [3.8, 4) is 5.75 Å². The number of Topliss-reactive ketones (excluding diaryl/α,β-unsaturated/α-hetero) is 1. The molecule has 6 heteroatoms. The van der Waals surface area contributed by atoms with Crippen LogP contribution < -0.4 is 4.74 Å². The predicted octanol–water partition coefficient (Wildman–Crippen LogP) is 2.64. The highest BCUT2D eigenvalue weighted by Gasteiger charge is 2.28. The minimum Gasteiger partial charge on any atom is -0.497 e. The number of carbonyl (C=O) groups is 1. The summed E-state index contributed by atoms with van der Waals surface area (Å²) in [4.78, 5) is 11.5. The van der Waals surface area contributed by atoms with E-state index in [2.05, 4.69) is 0 Å². The molecule has 0 bridgehead atoms. The highest BCUT2D eigenvalue weighted by Crippen LogP contribution is 2.27. The van der Waals surface area contributed by atoms with Crippen molar-refractivity contribution < 1.29 is 17.9 Å². The third kappa shape index (κ3) is 3.07. The van der Waals surface area contributed by atoms with E-state index in [1.54, 1.807) is 19.2 Å². The number of ketones is 1. The number of methoxy groups -OCH3 is 1. The van der Waals surface area contributed by atoms with E-state index in [1.807, 2.05) is 18.2 Å². The van der Waals surface area contributed by atoms with Crippen LogP contribution in [0.1, 0.15) is 28.4 Å². The summed E-state index contributed by atoms with van der Waals surface area (Å²) in [5.41, 5.74) is 2.61. The van der Waals surface area contributed by atoms with Gasteiger partial charge in [0.25, 0.3) is 0 Å². The molecule has 3 rings (SSSR count). The SMILES string of the molecule is COc1ccc2c(c1)CCN(S(=O)(=O)c1ccc(C(C)=O)cc1)C2. The van der Waals surface area contributed by atoms with Gasteiger partial charge in [0.15, 0.2) is 5.78 Å². The van der Waals surface area contributed by atoms with E-state index in [1.165, 1.54) is 23.4 Å². The van der Waals surface area contributed by atoms with Crippen molar-refractivity contribution in [1.82, 2.24) is 4.31 Å². The zero-order chi connectivity index (χ0) is 17.3. The normalized spacial score (nSPS) is 14.9. The Balaban J connectivity index is 1.86. The lowest BCUT2D eigenvalue weighted by Crippen LogP contribution is -2.35. The molecule has 0 aliphatic carbocycles. The average molecular weight is 345 g/mol. The minimum atomic E-state index is -3.57. The molecule has 0 saturated carbocycles. The zero-order valence-corrected chi connectivity index (χ0v) is 14.5. The van der Waals surface area contributed by atoms with E-state index in [0.29, 0.717) is 25.1 Å². The molecule has 0 N–H and O–H groups in total. The van der Waals surface area contributed by atoms with Gasteiger partial charge in [-0.2, -0.15) is 4.31 Å². The third-order valence-corrected chi connectivity index (χ3v) is 6.15. The first-order valence-electron chi connectivity index (χ1n) is 7.69. The quantitative estimate of drug-likeness (QED) is 0.799. The van der Waals surface area contributed by atoms with Gasteiger partial charge < -0.3 is 4.74 Å². The van der Waals surface area contributed by atoms with Gasteiger partial charge in [-0.15, -0.1) is 0 Å². The number of carbonyl (C=O) groups excluding carboxylic acids is 1. The van der Waals surface area contributed by atoms with Gasteiger partial charge in [0.05, 0.1) is 12.0 Å². The molecule has 0 saturated heterocycles. The van der Waals surface area contributed by atoms with E-state index < -0.39 is 10.0 Å². The molecule has 1 heterocycles. The lowest BCUT2D eigenvalue weighted by atomic mass is 10.0. The van der Waals surface area contributed by atoms with Crippen LogP contribution in [-0.4, -0.2) is 32.2 Å². The number of benzene rings is 2. The van der Waals surface area contributed by atoms with Crippen molar-refractivity contribution in [2.45, 2.75) is 24.8 Å². The van der Waals surface area contributed by atoms with Gasteiger partial charge in [0.2, 0.25) is 10.0 Å². The molecule has 2 aromatic rings. The number of sulfonamides is 1. The number of fused-ring (bicyclic) bond motifs is 1. The van der Waals surface area contributed by atoms with Gasteiger partial charge in [-0.3, -0.25) is 4.79 Å². The van der Waals surface area contributed by atoms with Crippen molar-refractivity contribution in [1.29, 1.82) is 0 Å². The topological polar surface area (TPSA) is 63.7 Å². The largest absolute Gasteiger partial charge is 0.497 e. The van der Waals surface area contributed by atoms with Gasteiger partial charge in [-0.25, -0.2) is 8.42 Å². The molecule has 0 spiro atoms. The smallest absolute Gasteiger partial charge is 0.243 e. The van der Waals surface area contributed by atoms with Crippen molar-refractivity contribution in [2.75, 3.05) is 13.7 Å². The predicted molar refractivity (Wildman–Crippen MR) is 90.7 cm³/mol. The van der Waals surface area contributed by atoms with Gasteiger partial charge in [-0.05, 0) is 48.7 Å². The van der Waals surface area contributed by atoms with Crippen LogP contribution in [0.3, 0.4) is 0 Å². The summed E-state index contributed by atoms with van der Waals surface area (Å²) in [6.45, 7) is 2.23. The molecular weight excluding hydrogens is 326 g/mol. The second-order valence-electron chi connectivity index (χ2n) is 5.80. The average Bonchev–Trinajstić information content (AvgIpc) is 2.60. The fraction of sp³-hybridized carbons (Fsp3) is 0.278. The second-order valence-corrected chi connectivity index (χ2v) is 7.74. The van der Waals surface area contributed by atoms with Crippen LogP contribution >= 0.6 is 0 Å². The number of ether oxygens (including phenoxy) is 1. The van der Waals surface area contributed by atoms with Crippen molar-refractivity contribution in [2.24, 2.45) is 0 Å². The van der Waals surface area contributed by atoms with E-state index in [4.69, 9.17) is 4.74 Å². The molecule has 0 radical (unpaired) electrons. The molecule has 5 nitrogen and oxygen atoms in total. The summed E-state index contributed by atoms with van der Waals surface area (Å²) in [6, 6.07) is 11.8. The highest BCUT2D eigenvalue weighted by molar-refractivity contribution is 7.89. The first-order chi connectivity index (χ1) is 11.4. The second kappa shape index (κ2) is 6.37. The molecule has 0 unspecified atom stereocenters. The maximum Gasteiger partial charge on any atom is 0.243 e. The summed E-state index contributed by atoms with van der Waals surface area (Å²) in [5.74, 6) is 0.699. The molecule has 0 fully saturated rings. The fourth-order valence-electron chi connectivity index (χ4n) is 2.85. The molecule has 0 aromatic heterocycles. The van der Waals surface area contributed by atoms with Crippen LogP contribution in [0.15, 0.2) is 47.4 Å². The molecule has 1 aliphatic heterocycles. The Morgan fingerprint density at radius 3 is 2.42 bits per heavy atom. The van der Waals surface area contributed by atoms with Gasteiger partial charge >= 0.3 is 0 Å². The van der Waals surface area contributed by atoms with Gasteiger partial charge in [0, 0.05) is 18.7 Å². The molecule has 0 atom stereocenters. The van der Waals surface area contributed by atoms with Gasteiger partial charge in [-0.1, -0.05) is 18.2 Å². The molecule has 0 amide bonds. The molecule has 1 aliphatic rings. The maximum absolute atomic E-state index is 12.8. The molecule has 126 valence electrons. The number of rotatable bonds is 4. The summed E-state index contributed by atoms with van der Waals surface area (Å²) in [5, 5.41) is 0. The van der Waals surface area contributed by atoms with Crippen LogP contribution in [0.4, 0.5) is 0 Å². The van der Waals surface area contributed by atoms with Crippen LogP contribution in [0.25, 0.3) is 0 Å². The summed E-state index contributed by atoms with van der Waals surface area (Å²) >= 11 is 0.